The second-order valence-electron chi connectivity index (χ2n) is 9.30. The third-order valence-corrected chi connectivity index (χ3v) is 6.95. The van der Waals surface area contributed by atoms with E-state index in [0.29, 0.717) is 55.1 Å². The van der Waals surface area contributed by atoms with E-state index in [1.807, 2.05) is 10.6 Å². The summed E-state index contributed by atoms with van der Waals surface area (Å²) in [5.74, 6) is 0.843. The molecule has 3 aliphatic heterocycles. The Morgan fingerprint density at radius 3 is 2.95 bits per heavy atom. The van der Waals surface area contributed by atoms with Crippen LogP contribution in [0.5, 0.6) is 11.5 Å². The van der Waals surface area contributed by atoms with E-state index >= 15 is 0 Å². The third kappa shape index (κ3) is 4.21. The molecule has 5 heterocycles. The zero-order chi connectivity index (χ0) is 26.2. The van der Waals surface area contributed by atoms with Crippen LogP contribution in [0, 0.1) is 0 Å². The van der Waals surface area contributed by atoms with Crippen LogP contribution in [0.2, 0.25) is 0 Å². The zero-order valence-corrected chi connectivity index (χ0v) is 20.8. The van der Waals surface area contributed by atoms with Gasteiger partial charge < -0.3 is 24.4 Å². The molecule has 1 N–H and O–H groups in total. The molecule has 2 atom stereocenters. The highest BCUT2D eigenvalue weighted by Crippen LogP contribution is 2.37. The molecule has 12 heteroatoms. The Bertz CT molecular complexity index is 1500. The topological polar surface area (TPSA) is 137 Å². The second kappa shape index (κ2) is 9.77. The molecule has 2 aromatic heterocycles. The quantitative estimate of drug-likeness (QED) is 0.362. The summed E-state index contributed by atoms with van der Waals surface area (Å²) >= 11 is 0. The number of likely N-dealkylation sites (tertiary alicyclic amines) is 1. The number of anilines is 1. The first kappa shape index (κ1) is 23.9. The summed E-state index contributed by atoms with van der Waals surface area (Å²) in [4.78, 5) is 51.7. The van der Waals surface area contributed by atoms with Crippen molar-refractivity contribution in [3.8, 4) is 11.5 Å². The molecule has 2 amide bonds. The lowest BCUT2D eigenvalue weighted by atomic mass is 10.2. The van der Waals surface area contributed by atoms with Crippen LogP contribution in [0.25, 0.3) is 10.9 Å². The molecule has 2 saturated heterocycles. The molecule has 0 unspecified atom stereocenters. The van der Waals surface area contributed by atoms with Crippen molar-refractivity contribution in [2.24, 2.45) is 4.99 Å². The predicted octanol–water partition coefficient (Wildman–Crippen LogP) is 1.29. The molecular formula is C26H26N6O6. The summed E-state index contributed by atoms with van der Waals surface area (Å²) in [5, 5.41) is 4.15. The maximum atomic E-state index is 12.8. The Morgan fingerprint density at radius 2 is 2.18 bits per heavy atom. The Hall–Kier alpha value is -4.48. The first-order chi connectivity index (χ1) is 18.5. The highest BCUT2D eigenvalue weighted by Gasteiger charge is 2.48. The molecule has 38 heavy (non-hydrogen) atoms. The molecule has 196 valence electrons. The van der Waals surface area contributed by atoms with E-state index in [9.17, 15) is 14.4 Å². The zero-order valence-electron chi connectivity index (χ0n) is 20.8. The number of aromatic nitrogens is 3. The van der Waals surface area contributed by atoms with E-state index in [2.05, 4.69) is 20.3 Å². The largest absolute Gasteiger partial charge is 0.491 e. The summed E-state index contributed by atoms with van der Waals surface area (Å²) in [6, 6.07) is 6.57. The van der Waals surface area contributed by atoms with E-state index in [1.165, 1.54) is 13.3 Å². The number of ether oxygens (including phenoxy) is 3. The number of hydrogen-bond donors (Lipinski definition) is 1. The summed E-state index contributed by atoms with van der Waals surface area (Å²) in [5.41, 5.74) is 1.13. The summed E-state index contributed by atoms with van der Waals surface area (Å²) in [7, 11) is 1.53. The van der Waals surface area contributed by atoms with Gasteiger partial charge in [0.05, 0.1) is 25.8 Å². The van der Waals surface area contributed by atoms with Crippen LogP contribution in [0.4, 0.5) is 5.82 Å². The Balaban J connectivity index is 1.22. The van der Waals surface area contributed by atoms with Gasteiger partial charge in [-0.2, -0.15) is 4.99 Å². The number of hydrogen-bond acceptors (Lipinski definition) is 9. The molecule has 3 aromatic rings. The number of pyridine rings is 1. The van der Waals surface area contributed by atoms with Crippen LogP contribution in [0.15, 0.2) is 41.7 Å². The van der Waals surface area contributed by atoms with Crippen molar-refractivity contribution in [2.75, 3.05) is 32.1 Å². The van der Waals surface area contributed by atoms with E-state index in [-0.39, 0.29) is 36.6 Å². The van der Waals surface area contributed by atoms with E-state index in [4.69, 9.17) is 14.2 Å². The highest BCUT2D eigenvalue weighted by atomic mass is 16.6. The van der Waals surface area contributed by atoms with Gasteiger partial charge in [-0.3, -0.25) is 19.1 Å². The van der Waals surface area contributed by atoms with Crippen LogP contribution in [0.1, 0.15) is 29.6 Å². The molecule has 2 bridgehead atoms. The molecule has 0 saturated carbocycles. The normalized spacial score (nSPS) is 19.9. The molecule has 6 rings (SSSR count). The number of rotatable bonds is 7. The average Bonchev–Trinajstić information content (AvgIpc) is 3.67. The van der Waals surface area contributed by atoms with Crippen molar-refractivity contribution in [3.63, 3.8) is 0 Å². The molecule has 1 aromatic carbocycles. The van der Waals surface area contributed by atoms with Gasteiger partial charge in [0.25, 0.3) is 5.91 Å². The van der Waals surface area contributed by atoms with Crippen molar-refractivity contribution >= 4 is 34.5 Å². The summed E-state index contributed by atoms with van der Waals surface area (Å²) in [6.45, 7) is 2.03. The molecule has 0 spiro atoms. The van der Waals surface area contributed by atoms with Gasteiger partial charge in [0.15, 0.2) is 11.5 Å². The number of fused-ring (bicyclic) bond motifs is 5. The fraction of sp³-hybridized carbons (Fsp3) is 0.385. The number of amides is 2. The van der Waals surface area contributed by atoms with Crippen molar-refractivity contribution in [1.29, 1.82) is 0 Å². The van der Waals surface area contributed by atoms with Gasteiger partial charge >= 0.3 is 5.97 Å². The lowest BCUT2D eigenvalue weighted by Gasteiger charge is -2.25. The number of nitrogens with zero attached hydrogens (tertiary/aromatic N) is 5. The number of morpholine rings is 1. The fourth-order valence-corrected chi connectivity index (χ4v) is 5.16. The van der Waals surface area contributed by atoms with E-state index < -0.39 is 11.9 Å². The van der Waals surface area contributed by atoms with Gasteiger partial charge in [-0.05, 0) is 30.7 Å². The van der Waals surface area contributed by atoms with Gasteiger partial charge in [0.1, 0.15) is 23.5 Å². The van der Waals surface area contributed by atoms with Gasteiger partial charge in [-0.15, -0.1) is 0 Å². The van der Waals surface area contributed by atoms with Crippen LogP contribution in [0.3, 0.4) is 0 Å². The Kier molecular flexibility index (Phi) is 6.14. The lowest BCUT2D eigenvalue weighted by Crippen LogP contribution is -2.44. The maximum Gasteiger partial charge on any atom is 0.329 e. The molecule has 0 aliphatic carbocycles. The predicted molar refractivity (Wildman–Crippen MR) is 134 cm³/mol. The first-order valence-electron chi connectivity index (χ1n) is 12.5. The van der Waals surface area contributed by atoms with Crippen molar-refractivity contribution in [3.05, 3.63) is 47.8 Å². The summed E-state index contributed by atoms with van der Waals surface area (Å²) < 4.78 is 18.7. The minimum absolute atomic E-state index is 0.0758. The van der Waals surface area contributed by atoms with Crippen LogP contribution in [-0.2, 0) is 20.9 Å². The van der Waals surface area contributed by atoms with Crippen LogP contribution < -0.4 is 20.4 Å². The minimum atomic E-state index is -0.446. The average molecular weight is 519 g/mol. The smallest absolute Gasteiger partial charge is 0.329 e. The molecule has 0 radical (unpaired) electrons. The van der Waals surface area contributed by atoms with Crippen molar-refractivity contribution in [2.45, 2.75) is 38.0 Å². The minimum Gasteiger partial charge on any atom is -0.491 e. The Labute approximate surface area is 217 Å². The first-order valence-corrected chi connectivity index (χ1v) is 12.5. The van der Waals surface area contributed by atoms with Crippen molar-refractivity contribution < 1.29 is 28.6 Å². The monoisotopic (exact) mass is 518 g/mol. The van der Waals surface area contributed by atoms with Crippen LogP contribution >= 0.6 is 0 Å². The van der Waals surface area contributed by atoms with Gasteiger partial charge in [0, 0.05) is 43.7 Å². The Morgan fingerprint density at radius 1 is 1.29 bits per heavy atom. The van der Waals surface area contributed by atoms with Crippen LogP contribution in [-0.4, -0.2) is 76.2 Å². The number of benzene rings is 1. The second-order valence-corrected chi connectivity index (χ2v) is 9.30. The molecule has 3 aliphatic rings. The fourth-order valence-electron chi connectivity index (χ4n) is 5.16. The number of carbonyl (C=O) groups is 3. The highest BCUT2D eigenvalue weighted by molar-refractivity contribution is 5.96. The summed E-state index contributed by atoms with van der Waals surface area (Å²) in [6.07, 6.45) is 4.20. The SMILES string of the molecule is COc1c(OCCCC(=O)N2C[C@@H]3C[C@H]2C(=O)O3)ccc2c3n(c(=NC(=O)c4cccnc4)nc12)CCN3. The number of nitrogens with one attached hydrogen (secondary N) is 1. The van der Waals surface area contributed by atoms with Crippen molar-refractivity contribution in [1.82, 2.24) is 19.4 Å². The number of esters is 1. The lowest BCUT2D eigenvalue weighted by molar-refractivity contribution is -0.157. The van der Waals surface area contributed by atoms with Gasteiger partial charge in [-0.25, -0.2) is 9.78 Å². The van der Waals surface area contributed by atoms with E-state index in [0.717, 1.165) is 11.2 Å². The van der Waals surface area contributed by atoms with Gasteiger partial charge in [-0.1, -0.05) is 0 Å². The number of methoxy groups -OCH3 is 1. The van der Waals surface area contributed by atoms with Gasteiger partial charge in [0.2, 0.25) is 11.5 Å². The third-order valence-electron chi connectivity index (χ3n) is 6.95. The number of carbonyl (C=O) groups excluding carboxylic acids is 3. The maximum absolute atomic E-state index is 12.8. The molecule has 2 fully saturated rings. The van der Waals surface area contributed by atoms with E-state index in [1.54, 1.807) is 29.3 Å². The molecule has 12 nitrogen and oxygen atoms in total. The standard InChI is InChI=1S/C26H26N6O6/c1-36-22-19(37-11-3-5-20(33)32-14-16-12-18(32)25(35)38-16)7-6-17-21(22)29-26(31-10-9-28-23(17)31)30-24(34)15-4-2-8-27-13-15/h2,4,6-8,13,16,18,28H,3,5,9-12,14H2,1H3/t16-,18-/m0/s1. The molecular weight excluding hydrogens is 492 g/mol.